The first kappa shape index (κ1) is 15.1. The van der Waals surface area contributed by atoms with E-state index in [9.17, 15) is 13.6 Å². The fourth-order valence-corrected chi connectivity index (χ4v) is 1.97. The summed E-state index contributed by atoms with van der Waals surface area (Å²) in [6.45, 7) is 0.792. The molecule has 2 rings (SSSR count). The number of nitrogens with zero attached hydrogens (tertiary/aromatic N) is 1. The Hall–Kier alpha value is -2.27. The van der Waals surface area contributed by atoms with Crippen LogP contribution in [0.5, 0.6) is 0 Å². The van der Waals surface area contributed by atoms with E-state index in [1.165, 1.54) is 6.07 Å². The van der Waals surface area contributed by atoms with Gasteiger partial charge in [-0.05, 0) is 24.7 Å². The van der Waals surface area contributed by atoms with Crippen molar-refractivity contribution in [3.8, 4) is 0 Å². The predicted molar refractivity (Wildman–Crippen MR) is 77.8 cm³/mol. The van der Waals surface area contributed by atoms with Crippen molar-refractivity contribution >= 4 is 11.6 Å². The van der Waals surface area contributed by atoms with E-state index in [1.807, 2.05) is 42.3 Å². The molecule has 0 radical (unpaired) electrons. The summed E-state index contributed by atoms with van der Waals surface area (Å²) in [7, 11) is 1.82. The van der Waals surface area contributed by atoms with Crippen LogP contribution in [0.1, 0.15) is 5.56 Å². The van der Waals surface area contributed by atoms with Gasteiger partial charge in [-0.1, -0.05) is 30.3 Å². The molecule has 1 amide bonds. The molecule has 0 heterocycles. The Morgan fingerprint density at radius 1 is 1.10 bits per heavy atom. The summed E-state index contributed by atoms with van der Waals surface area (Å²) in [6.07, 6.45) is 0. The third-order valence-electron chi connectivity index (χ3n) is 2.91. The van der Waals surface area contributed by atoms with E-state index >= 15 is 0 Å². The van der Waals surface area contributed by atoms with E-state index in [1.54, 1.807) is 0 Å². The van der Waals surface area contributed by atoms with E-state index in [-0.39, 0.29) is 18.1 Å². The Balaban J connectivity index is 1.87. The van der Waals surface area contributed by atoms with Crippen LogP contribution in [-0.4, -0.2) is 24.4 Å². The van der Waals surface area contributed by atoms with Crippen molar-refractivity contribution in [3.05, 3.63) is 65.7 Å². The van der Waals surface area contributed by atoms with Crippen molar-refractivity contribution in [1.82, 2.24) is 4.90 Å². The number of likely N-dealkylation sites (N-methyl/N-ethyl adjacent to an activating group) is 1. The second kappa shape index (κ2) is 6.95. The first-order valence-corrected chi connectivity index (χ1v) is 6.52. The molecule has 0 bridgehead atoms. The van der Waals surface area contributed by atoms with Gasteiger partial charge in [0.1, 0.15) is 0 Å². The molecule has 5 heteroatoms. The molecule has 0 spiro atoms. The first-order valence-electron chi connectivity index (χ1n) is 6.52. The average molecular weight is 290 g/mol. The normalized spacial score (nSPS) is 10.7. The standard InChI is InChI=1S/C16H16F2N2O/c1-20(10-12-5-3-2-4-6-12)11-16(21)19-13-7-8-14(17)15(18)9-13/h2-9H,10-11H2,1H3,(H,19,21). The highest BCUT2D eigenvalue weighted by atomic mass is 19.2. The highest BCUT2D eigenvalue weighted by Gasteiger charge is 2.09. The monoisotopic (exact) mass is 290 g/mol. The first-order chi connectivity index (χ1) is 10.0. The molecule has 21 heavy (non-hydrogen) atoms. The molecule has 0 unspecified atom stereocenters. The van der Waals surface area contributed by atoms with Gasteiger partial charge in [-0.15, -0.1) is 0 Å². The van der Waals surface area contributed by atoms with Crippen LogP contribution in [0.15, 0.2) is 48.5 Å². The number of amides is 1. The van der Waals surface area contributed by atoms with E-state index in [0.717, 1.165) is 17.7 Å². The van der Waals surface area contributed by atoms with Gasteiger partial charge in [0.25, 0.3) is 0 Å². The van der Waals surface area contributed by atoms with Crippen LogP contribution in [0, 0.1) is 11.6 Å². The molecule has 0 atom stereocenters. The van der Waals surface area contributed by atoms with Crippen molar-refractivity contribution in [1.29, 1.82) is 0 Å². The van der Waals surface area contributed by atoms with Crippen LogP contribution in [0.4, 0.5) is 14.5 Å². The second-order valence-corrected chi connectivity index (χ2v) is 4.83. The molecule has 0 fully saturated rings. The SMILES string of the molecule is CN(CC(=O)Nc1ccc(F)c(F)c1)Cc1ccccc1. The highest BCUT2D eigenvalue weighted by Crippen LogP contribution is 2.13. The van der Waals surface area contributed by atoms with Gasteiger partial charge in [0.15, 0.2) is 11.6 Å². The summed E-state index contributed by atoms with van der Waals surface area (Å²) in [6, 6.07) is 13.0. The lowest BCUT2D eigenvalue weighted by Crippen LogP contribution is -2.29. The molecule has 0 aliphatic rings. The molecule has 3 nitrogen and oxygen atoms in total. The van der Waals surface area contributed by atoms with E-state index in [0.29, 0.717) is 6.54 Å². The number of anilines is 1. The minimum absolute atomic E-state index is 0.161. The predicted octanol–water partition coefficient (Wildman–Crippen LogP) is 3.04. The molecule has 1 N–H and O–H groups in total. The van der Waals surface area contributed by atoms with Gasteiger partial charge >= 0.3 is 0 Å². The minimum Gasteiger partial charge on any atom is -0.325 e. The number of carbonyl (C=O) groups is 1. The molecule has 0 saturated carbocycles. The molecule has 0 aliphatic carbocycles. The fourth-order valence-electron chi connectivity index (χ4n) is 1.97. The largest absolute Gasteiger partial charge is 0.325 e. The number of nitrogens with one attached hydrogen (secondary N) is 1. The van der Waals surface area contributed by atoms with Crippen LogP contribution in [0.2, 0.25) is 0 Å². The van der Waals surface area contributed by atoms with Gasteiger partial charge in [-0.2, -0.15) is 0 Å². The number of rotatable bonds is 5. The number of benzene rings is 2. The lowest BCUT2D eigenvalue weighted by atomic mass is 10.2. The summed E-state index contributed by atoms with van der Waals surface area (Å²) in [5.74, 6) is -2.20. The summed E-state index contributed by atoms with van der Waals surface area (Å²) in [4.78, 5) is 13.7. The Bertz CT molecular complexity index is 617. The van der Waals surface area contributed by atoms with Gasteiger partial charge in [0, 0.05) is 18.3 Å². The summed E-state index contributed by atoms with van der Waals surface area (Å²) in [5.41, 5.74) is 1.34. The van der Waals surface area contributed by atoms with Gasteiger partial charge < -0.3 is 5.32 Å². The molecular weight excluding hydrogens is 274 g/mol. The maximum Gasteiger partial charge on any atom is 0.238 e. The number of halogens is 2. The number of hydrogen-bond acceptors (Lipinski definition) is 2. The third-order valence-corrected chi connectivity index (χ3v) is 2.91. The summed E-state index contributed by atoms with van der Waals surface area (Å²) < 4.78 is 25.8. The Labute approximate surface area is 122 Å². The Kier molecular flexibility index (Phi) is 5.00. The summed E-state index contributed by atoms with van der Waals surface area (Å²) >= 11 is 0. The minimum atomic E-state index is -0.981. The topological polar surface area (TPSA) is 32.3 Å². The third kappa shape index (κ3) is 4.65. The maximum absolute atomic E-state index is 13.0. The zero-order valence-corrected chi connectivity index (χ0v) is 11.6. The fraction of sp³-hybridized carbons (Fsp3) is 0.188. The Morgan fingerprint density at radius 2 is 1.81 bits per heavy atom. The van der Waals surface area contributed by atoms with E-state index < -0.39 is 11.6 Å². The zero-order chi connectivity index (χ0) is 15.2. The maximum atomic E-state index is 13.0. The van der Waals surface area contributed by atoms with Crippen molar-refractivity contribution in [2.45, 2.75) is 6.54 Å². The lowest BCUT2D eigenvalue weighted by Gasteiger charge is -2.16. The van der Waals surface area contributed by atoms with Crippen molar-refractivity contribution in [3.63, 3.8) is 0 Å². The smallest absolute Gasteiger partial charge is 0.238 e. The number of hydrogen-bond donors (Lipinski definition) is 1. The van der Waals surface area contributed by atoms with Crippen molar-refractivity contribution in [2.75, 3.05) is 18.9 Å². The molecular formula is C16H16F2N2O. The van der Waals surface area contributed by atoms with Gasteiger partial charge in [0.05, 0.1) is 6.54 Å². The average Bonchev–Trinajstić information content (AvgIpc) is 2.43. The molecule has 2 aromatic rings. The van der Waals surface area contributed by atoms with Gasteiger partial charge in [0.2, 0.25) is 5.91 Å². The second-order valence-electron chi connectivity index (χ2n) is 4.83. The van der Waals surface area contributed by atoms with Crippen LogP contribution in [0.25, 0.3) is 0 Å². The quantitative estimate of drug-likeness (QED) is 0.918. The highest BCUT2D eigenvalue weighted by molar-refractivity contribution is 5.92. The van der Waals surface area contributed by atoms with E-state index in [2.05, 4.69) is 5.32 Å². The van der Waals surface area contributed by atoms with Crippen LogP contribution in [0.3, 0.4) is 0 Å². The molecule has 2 aromatic carbocycles. The molecule has 0 saturated heterocycles. The van der Waals surface area contributed by atoms with Crippen LogP contribution in [-0.2, 0) is 11.3 Å². The lowest BCUT2D eigenvalue weighted by molar-refractivity contribution is -0.117. The van der Waals surface area contributed by atoms with Gasteiger partial charge in [-0.3, -0.25) is 9.69 Å². The van der Waals surface area contributed by atoms with Gasteiger partial charge in [-0.25, -0.2) is 8.78 Å². The van der Waals surface area contributed by atoms with E-state index in [4.69, 9.17) is 0 Å². The Morgan fingerprint density at radius 3 is 2.48 bits per heavy atom. The number of carbonyl (C=O) groups excluding carboxylic acids is 1. The van der Waals surface area contributed by atoms with Crippen LogP contribution >= 0.6 is 0 Å². The van der Waals surface area contributed by atoms with Crippen molar-refractivity contribution in [2.24, 2.45) is 0 Å². The summed E-state index contributed by atoms with van der Waals surface area (Å²) in [5, 5.41) is 2.54. The van der Waals surface area contributed by atoms with Crippen molar-refractivity contribution < 1.29 is 13.6 Å². The van der Waals surface area contributed by atoms with Crippen LogP contribution < -0.4 is 5.32 Å². The zero-order valence-electron chi connectivity index (χ0n) is 11.6. The molecule has 110 valence electrons. The molecule has 0 aliphatic heterocycles. The molecule has 0 aromatic heterocycles.